The maximum absolute atomic E-state index is 12.2. The van der Waals surface area contributed by atoms with E-state index in [4.69, 9.17) is 0 Å². The van der Waals surface area contributed by atoms with Crippen molar-refractivity contribution < 1.29 is 13.2 Å². The number of benzene rings is 2. The van der Waals surface area contributed by atoms with Gasteiger partial charge in [-0.25, -0.2) is 8.42 Å². The molecule has 0 saturated carbocycles. The highest BCUT2D eigenvalue weighted by atomic mass is 32.2. The number of fused-ring (bicyclic) bond motifs is 1. The molecule has 2 aromatic carbocycles. The van der Waals surface area contributed by atoms with E-state index in [9.17, 15) is 13.2 Å². The van der Waals surface area contributed by atoms with Crippen LogP contribution in [0.4, 0.5) is 5.69 Å². The monoisotopic (exact) mass is 352 g/mol. The minimum atomic E-state index is -3.33. The number of carbonyl (C=O) groups is 1. The first-order chi connectivity index (χ1) is 11.9. The van der Waals surface area contributed by atoms with Gasteiger partial charge in [-0.15, -0.1) is 0 Å². The average molecular weight is 352 g/mol. The van der Waals surface area contributed by atoms with Crippen LogP contribution in [0.2, 0.25) is 0 Å². The first-order valence-corrected chi connectivity index (χ1v) is 9.45. The zero-order valence-electron chi connectivity index (χ0n) is 13.5. The second-order valence-electron chi connectivity index (χ2n) is 5.60. The second kappa shape index (κ2) is 6.86. The number of hydrogen-bond donors (Lipinski definition) is 1. The molecule has 0 amide bonds. The minimum absolute atomic E-state index is 0.155. The number of hydrogen-bond acceptors (Lipinski definition) is 4. The molecule has 1 N–H and O–H groups in total. The van der Waals surface area contributed by atoms with Crippen molar-refractivity contribution in [2.75, 3.05) is 11.0 Å². The fourth-order valence-electron chi connectivity index (χ4n) is 2.38. The van der Waals surface area contributed by atoms with Crippen molar-refractivity contribution in [3.8, 4) is 0 Å². The van der Waals surface area contributed by atoms with Crippen LogP contribution in [0.25, 0.3) is 17.0 Å². The summed E-state index contributed by atoms with van der Waals surface area (Å²) in [4.78, 5) is 16.5. The van der Waals surface area contributed by atoms with Crippen LogP contribution in [0.3, 0.4) is 0 Å². The van der Waals surface area contributed by atoms with Crippen LogP contribution in [0, 0.1) is 0 Å². The molecule has 126 valence electrons. The van der Waals surface area contributed by atoms with E-state index in [0.29, 0.717) is 11.3 Å². The van der Waals surface area contributed by atoms with Crippen LogP contribution < -0.4 is 4.72 Å². The molecular formula is C19H16N2O3S. The summed E-state index contributed by atoms with van der Waals surface area (Å²) in [7, 11) is -3.33. The topological polar surface area (TPSA) is 76.1 Å². The van der Waals surface area contributed by atoms with Gasteiger partial charge in [0.25, 0.3) is 0 Å². The molecule has 0 unspecified atom stereocenters. The van der Waals surface area contributed by atoms with E-state index in [1.54, 1.807) is 36.5 Å². The van der Waals surface area contributed by atoms with Crippen LogP contribution >= 0.6 is 0 Å². The highest BCUT2D eigenvalue weighted by molar-refractivity contribution is 7.92. The van der Waals surface area contributed by atoms with Gasteiger partial charge in [-0.2, -0.15) is 0 Å². The van der Waals surface area contributed by atoms with Crippen molar-refractivity contribution >= 4 is 38.5 Å². The normalized spacial score (nSPS) is 11.7. The first-order valence-electron chi connectivity index (χ1n) is 7.56. The predicted molar refractivity (Wildman–Crippen MR) is 100 cm³/mol. The van der Waals surface area contributed by atoms with E-state index in [0.717, 1.165) is 22.7 Å². The second-order valence-corrected chi connectivity index (χ2v) is 7.35. The number of carbonyl (C=O) groups excluding carboxylic acids is 1. The quantitative estimate of drug-likeness (QED) is 0.563. The van der Waals surface area contributed by atoms with Crippen molar-refractivity contribution in [3.63, 3.8) is 0 Å². The zero-order valence-corrected chi connectivity index (χ0v) is 14.3. The SMILES string of the molecule is CS(=O)(=O)Nc1ccc(C(=O)C=Cc2ccc3ncccc3c2)cc1. The van der Waals surface area contributed by atoms with Crippen LogP contribution in [0.5, 0.6) is 0 Å². The Morgan fingerprint density at radius 2 is 1.84 bits per heavy atom. The summed E-state index contributed by atoms with van der Waals surface area (Å²) in [5.74, 6) is -0.155. The number of pyridine rings is 1. The van der Waals surface area contributed by atoms with Gasteiger partial charge in [0.15, 0.2) is 5.78 Å². The number of rotatable bonds is 5. The van der Waals surface area contributed by atoms with Gasteiger partial charge in [-0.3, -0.25) is 14.5 Å². The lowest BCUT2D eigenvalue weighted by Gasteiger charge is -2.04. The van der Waals surface area contributed by atoms with Gasteiger partial charge in [0.05, 0.1) is 11.8 Å². The fourth-order valence-corrected chi connectivity index (χ4v) is 2.95. The van der Waals surface area contributed by atoms with Gasteiger partial charge in [0.2, 0.25) is 10.0 Å². The first kappa shape index (κ1) is 16.9. The average Bonchev–Trinajstić information content (AvgIpc) is 2.59. The van der Waals surface area contributed by atoms with Gasteiger partial charge >= 0.3 is 0 Å². The maximum atomic E-state index is 12.2. The lowest BCUT2D eigenvalue weighted by molar-refractivity contribution is 0.104. The summed E-state index contributed by atoms with van der Waals surface area (Å²) >= 11 is 0. The lowest BCUT2D eigenvalue weighted by Crippen LogP contribution is -2.09. The van der Waals surface area contributed by atoms with E-state index < -0.39 is 10.0 Å². The van der Waals surface area contributed by atoms with Crippen molar-refractivity contribution in [3.05, 3.63) is 78.0 Å². The van der Waals surface area contributed by atoms with Gasteiger partial charge in [0, 0.05) is 22.8 Å². The van der Waals surface area contributed by atoms with Crippen molar-refractivity contribution in [1.82, 2.24) is 4.98 Å². The van der Waals surface area contributed by atoms with Gasteiger partial charge < -0.3 is 0 Å². The lowest BCUT2D eigenvalue weighted by atomic mass is 10.1. The smallest absolute Gasteiger partial charge is 0.229 e. The van der Waals surface area contributed by atoms with Crippen molar-refractivity contribution in [2.24, 2.45) is 0 Å². The largest absolute Gasteiger partial charge is 0.289 e. The van der Waals surface area contributed by atoms with Gasteiger partial charge in [0.1, 0.15) is 0 Å². The summed E-state index contributed by atoms with van der Waals surface area (Å²) in [5, 5.41) is 1.01. The Hall–Kier alpha value is -2.99. The Bertz CT molecular complexity index is 1060. The Balaban J connectivity index is 1.75. The standard InChI is InChI=1S/C19H16N2O3S/c1-25(23,24)21-17-8-6-15(7-9-17)19(22)11-5-14-4-10-18-16(13-14)3-2-12-20-18/h2-13,21H,1H3. The Morgan fingerprint density at radius 1 is 1.08 bits per heavy atom. The number of aromatic nitrogens is 1. The Kier molecular flexibility index (Phi) is 4.63. The molecule has 0 atom stereocenters. The van der Waals surface area contributed by atoms with Crippen LogP contribution in [-0.4, -0.2) is 25.4 Å². The Morgan fingerprint density at radius 3 is 2.56 bits per heavy atom. The summed E-state index contributed by atoms with van der Waals surface area (Å²) in [5.41, 5.74) is 2.71. The molecule has 0 aliphatic carbocycles. The van der Waals surface area contributed by atoms with Crippen LogP contribution in [0.15, 0.2) is 66.9 Å². The molecule has 0 aliphatic rings. The summed E-state index contributed by atoms with van der Waals surface area (Å²) < 4.78 is 24.7. The molecule has 0 aliphatic heterocycles. The van der Waals surface area contributed by atoms with Crippen LogP contribution in [0.1, 0.15) is 15.9 Å². The molecule has 25 heavy (non-hydrogen) atoms. The third-order valence-corrected chi connectivity index (χ3v) is 4.13. The third-order valence-electron chi connectivity index (χ3n) is 3.53. The molecule has 6 heteroatoms. The molecule has 0 radical (unpaired) electrons. The van der Waals surface area contributed by atoms with E-state index in [-0.39, 0.29) is 5.78 Å². The van der Waals surface area contributed by atoms with Gasteiger partial charge in [-0.05, 0) is 54.1 Å². The highest BCUT2D eigenvalue weighted by Crippen LogP contribution is 2.16. The van der Waals surface area contributed by atoms with E-state index in [1.807, 2.05) is 30.3 Å². The molecule has 1 aromatic heterocycles. The fraction of sp³-hybridized carbons (Fsp3) is 0.0526. The molecule has 0 saturated heterocycles. The van der Waals surface area contributed by atoms with Crippen molar-refractivity contribution in [1.29, 1.82) is 0 Å². The molecule has 0 fully saturated rings. The number of nitrogens with zero attached hydrogens (tertiary/aromatic N) is 1. The van der Waals surface area contributed by atoms with Crippen LogP contribution in [-0.2, 0) is 10.0 Å². The number of ketones is 1. The zero-order chi connectivity index (χ0) is 17.9. The molecule has 0 spiro atoms. The number of sulfonamides is 1. The summed E-state index contributed by atoms with van der Waals surface area (Å²) in [6.07, 6.45) is 6.06. The van der Waals surface area contributed by atoms with Crippen molar-refractivity contribution in [2.45, 2.75) is 0 Å². The molecule has 0 bridgehead atoms. The number of allylic oxidation sites excluding steroid dienone is 1. The molecule has 1 heterocycles. The molecular weight excluding hydrogens is 336 g/mol. The summed E-state index contributed by atoms with van der Waals surface area (Å²) in [6.45, 7) is 0. The Labute approximate surface area is 146 Å². The maximum Gasteiger partial charge on any atom is 0.229 e. The minimum Gasteiger partial charge on any atom is -0.289 e. The predicted octanol–water partition coefficient (Wildman–Crippen LogP) is 3.50. The molecule has 5 nitrogen and oxygen atoms in total. The van der Waals surface area contributed by atoms with E-state index in [1.165, 1.54) is 6.08 Å². The highest BCUT2D eigenvalue weighted by Gasteiger charge is 2.05. The number of nitrogens with one attached hydrogen (secondary N) is 1. The molecule has 3 rings (SSSR count). The van der Waals surface area contributed by atoms with E-state index >= 15 is 0 Å². The van der Waals surface area contributed by atoms with E-state index in [2.05, 4.69) is 9.71 Å². The number of anilines is 1. The van der Waals surface area contributed by atoms with Gasteiger partial charge in [-0.1, -0.05) is 18.2 Å². The summed E-state index contributed by atoms with van der Waals surface area (Å²) in [6, 6.07) is 15.9. The molecule has 3 aromatic rings. The third kappa shape index (κ3) is 4.51.